The Morgan fingerprint density at radius 1 is 1.24 bits per heavy atom. The molecule has 6 nitrogen and oxygen atoms in total. The maximum absolute atomic E-state index is 13.3. The Kier molecular flexibility index (Phi) is 4.57. The number of sulfonamides is 1. The first kappa shape index (κ1) is 16.2. The van der Waals surface area contributed by atoms with Crippen molar-refractivity contribution in [2.24, 2.45) is 0 Å². The van der Waals surface area contributed by atoms with Gasteiger partial charge in [0.15, 0.2) is 10.3 Å². The molecule has 0 spiro atoms. The van der Waals surface area contributed by atoms with E-state index in [1.54, 1.807) is 0 Å². The zero-order valence-corrected chi connectivity index (χ0v) is 13.9. The largest absolute Gasteiger partial charge is 0.396 e. The Hall–Kier alpha value is -1.16. The molecule has 0 radical (unpaired) electrons. The summed E-state index contributed by atoms with van der Waals surface area (Å²) in [7, 11) is -4.12. The van der Waals surface area contributed by atoms with Crippen LogP contribution in [0.25, 0.3) is 0 Å². The molecule has 0 amide bonds. The smallest absolute Gasteiger partial charge is 0.263 e. The lowest BCUT2D eigenvalue weighted by Crippen LogP contribution is -2.15. The quantitative estimate of drug-likeness (QED) is 0.592. The molecule has 11 heteroatoms. The van der Waals surface area contributed by atoms with Crippen LogP contribution in [-0.4, -0.2) is 18.4 Å². The average Bonchev–Trinajstić information content (AvgIpc) is 2.38. The van der Waals surface area contributed by atoms with Crippen molar-refractivity contribution >= 4 is 60.5 Å². The molecule has 0 atom stereocenters. The Labute approximate surface area is 137 Å². The van der Waals surface area contributed by atoms with E-state index in [-0.39, 0.29) is 31.0 Å². The van der Waals surface area contributed by atoms with Crippen molar-refractivity contribution in [2.75, 3.05) is 10.5 Å². The molecule has 0 saturated carbocycles. The zero-order valence-electron chi connectivity index (χ0n) is 9.94. The molecular formula is C10H6BrCl2FN4O2S. The predicted octanol–water partition coefficient (Wildman–Crippen LogP) is 3.07. The van der Waals surface area contributed by atoms with Gasteiger partial charge >= 0.3 is 0 Å². The van der Waals surface area contributed by atoms with E-state index >= 15 is 0 Å². The van der Waals surface area contributed by atoms with Crippen LogP contribution in [-0.2, 0) is 10.0 Å². The number of nitrogens with one attached hydrogen (secondary N) is 1. The van der Waals surface area contributed by atoms with E-state index in [1.807, 2.05) is 0 Å². The van der Waals surface area contributed by atoms with Gasteiger partial charge in [0.25, 0.3) is 10.0 Å². The second kappa shape index (κ2) is 5.91. The summed E-state index contributed by atoms with van der Waals surface area (Å²) in [6, 6.07) is 1.90. The van der Waals surface area contributed by atoms with Crippen LogP contribution < -0.4 is 10.5 Å². The van der Waals surface area contributed by atoms with Crippen LogP contribution in [0.2, 0.25) is 10.3 Å². The Bertz CT molecular complexity index is 799. The van der Waals surface area contributed by atoms with Crippen molar-refractivity contribution in [1.29, 1.82) is 0 Å². The average molecular weight is 416 g/mol. The third-order valence-electron chi connectivity index (χ3n) is 2.33. The molecule has 1 heterocycles. The van der Waals surface area contributed by atoms with E-state index in [9.17, 15) is 12.8 Å². The van der Waals surface area contributed by atoms with E-state index < -0.39 is 15.8 Å². The van der Waals surface area contributed by atoms with E-state index in [2.05, 4.69) is 30.6 Å². The van der Waals surface area contributed by atoms with Crippen LogP contribution in [0.5, 0.6) is 0 Å². The molecule has 0 bridgehead atoms. The van der Waals surface area contributed by atoms with Crippen molar-refractivity contribution < 1.29 is 12.8 Å². The topological polar surface area (TPSA) is 98.0 Å². The van der Waals surface area contributed by atoms with Crippen molar-refractivity contribution in [3.05, 3.63) is 39.1 Å². The summed E-state index contributed by atoms with van der Waals surface area (Å²) < 4.78 is 40.0. The summed E-state index contributed by atoms with van der Waals surface area (Å²) in [5, 5.41) is -0.352. The lowest BCUT2D eigenvalue weighted by Gasteiger charge is -2.12. The molecule has 0 unspecified atom stereocenters. The minimum absolute atomic E-state index is 0.00852. The Morgan fingerprint density at radius 2 is 1.81 bits per heavy atom. The number of anilines is 2. The second-order valence-electron chi connectivity index (χ2n) is 3.74. The first-order valence-corrected chi connectivity index (χ1v) is 8.19. The highest BCUT2D eigenvalue weighted by molar-refractivity contribution is 9.10. The van der Waals surface area contributed by atoms with Crippen molar-refractivity contribution in [1.82, 2.24) is 9.97 Å². The van der Waals surface area contributed by atoms with Gasteiger partial charge in [-0.15, -0.1) is 0 Å². The van der Waals surface area contributed by atoms with E-state index in [4.69, 9.17) is 28.9 Å². The summed E-state index contributed by atoms with van der Waals surface area (Å²) in [6.45, 7) is 0. The Morgan fingerprint density at radius 3 is 2.38 bits per heavy atom. The fourth-order valence-electron chi connectivity index (χ4n) is 1.37. The summed E-state index contributed by atoms with van der Waals surface area (Å²) >= 11 is 14.5. The number of aromatic nitrogens is 2. The van der Waals surface area contributed by atoms with Crippen LogP contribution in [0.3, 0.4) is 0 Å². The fourth-order valence-corrected chi connectivity index (χ4v) is 4.01. The van der Waals surface area contributed by atoms with E-state index in [0.29, 0.717) is 0 Å². The maximum atomic E-state index is 13.3. The molecule has 1 aromatic heterocycles. The van der Waals surface area contributed by atoms with Gasteiger partial charge in [-0.25, -0.2) is 22.8 Å². The number of benzene rings is 1. The van der Waals surface area contributed by atoms with Gasteiger partial charge in [0.05, 0.1) is 5.69 Å². The zero-order chi connectivity index (χ0) is 15.8. The predicted molar refractivity (Wildman–Crippen MR) is 81.4 cm³/mol. The highest BCUT2D eigenvalue weighted by atomic mass is 79.9. The standard InChI is InChI=1S/C10H6BrCl2FN4O2S/c11-4-1-5(14)6(15)2-7(4)21(19,20)18-8-9(12)16-3-17-10(8)13/h1-3,18H,15H2. The SMILES string of the molecule is Nc1cc(S(=O)(=O)Nc2c(Cl)ncnc2Cl)c(Br)cc1F. The molecule has 1 aromatic carbocycles. The number of rotatable bonds is 3. The third-order valence-corrected chi connectivity index (χ3v) is 5.21. The summed E-state index contributed by atoms with van der Waals surface area (Å²) in [4.78, 5) is 6.96. The minimum atomic E-state index is -4.12. The number of nitrogens with zero attached hydrogens (tertiary/aromatic N) is 2. The highest BCUT2D eigenvalue weighted by Gasteiger charge is 2.23. The molecule has 0 saturated heterocycles. The second-order valence-corrected chi connectivity index (χ2v) is 6.96. The fraction of sp³-hybridized carbons (Fsp3) is 0. The first-order chi connectivity index (χ1) is 9.72. The lowest BCUT2D eigenvalue weighted by molar-refractivity contribution is 0.599. The number of nitrogens with two attached hydrogens (primary N) is 1. The number of nitrogen functional groups attached to an aromatic ring is 1. The van der Waals surface area contributed by atoms with Crippen LogP contribution >= 0.6 is 39.1 Å². The molecule has 112 valence electrons. The van der Waals surface area contributed by atoms with Gasteiger partial charge in [0, 0.05) is 4.47 Å². The van der Waals surface area contributed by atoms with Gasteiger partial charge in [0.2, 0.25) is 0 Å². The molecule has 21 heavy (non-hydrogen) atoms. The minimum Gasteiger partial charge on any atom is -0.396 e. The van der Waals surface area contributed by atoms with Crippen LogP contribution in [0.4, 0.5) is 15.8 Å². The summed E-state index contributed by atoms with van der Waals surface area (Å²) in [6.07, 6.45) is 1.08. The van der Waals surface area contributed by atoms with Gasteiger partial charge < -0.3 is 5.73 Å². The third kappa shape index (κ3) is 3.37. The highest BCUT2D eigenvalue weighted by Crippen LogP contribution is 2.32. The van der Waals surface area contributed by atoms with Crippen molar-refractivity contribution in [2.45, 2.75) is 4.90 Å². The molecule has 0 aliphatic heterocycles. The van der Waals surface area contributed by atoms with Gasteiger partial charge in [-0.3, -0.25) is 4.72 Å². The van der Waals surface area contributed by atoms with Gasteiger partial charge in [0.1, 0.15) is 22.7 Å². The number of hydrogen-bond acceptors (Lipinski definition) is 5. The van der Waals surface area contributed by atoms with Gasteiger partial charge in [-0.1, -0.05) is 23.2 Å². The monoisotopic (exact) mass is 414 g/mol. The molecule has 0 aliphatic rings. The number of hydrogen-bond donors (Lipinski definition) is 2. The van der Waals surface area contributed by atoms with Crippen LogP contribution in [0.1, 0.15) is 0 Å². The molecular weight excluding hydrogens is 410 g/mol. The summed E-state index contributed by atoms with van der Waals surface area (Å²) in [5.74, 6) is -0.750. The van der Waals surface area contributed by atoms with E-state index in [1.165, 1.54) is 0 Å². The Balaban J connectivity index is 2.51. The lowest BCUT2D eigenvalue weighted by atomic mass is 10.3. The van der Waals surface area contributed by atoms with Crippen LogP contribution in [0, 0.1) is 5.82 Å². The molecule has 0 aliphatic carbocycles. The van der Waals surface area contributed by atoms with E-state index in [0.717, 1.165) is 18.5 Å². The molecule has 0 fully saturated rings. The van der Waals surface area contributed by atoms with Gasteiger partial charge in [-0.2, -0.15) is 0 Å². The first-order valence-electron chi connectivity index (χ1n) is 5.15. The molecule has 2 aromatic rings. The van der Waals surface area contributed by atoms with Crippen molar-refractivity contribution in [3.8, 4) is 0 Å². The van der Waals surface area contributed by atoms with Crippen molar-refractivity contribution in [3.63, 3.8) is 0 Å². The summed E-state index contributed by atoms with van der Waals surface area (Å²) in [5.41, 5.74) is 4.87. The molecule has 3 N–H and O–H groups in total. The maximum Gasteiger partial charge on any atom is 0.263 e. The van der Waals surface area contributed by atoms with Gasteiger partial charge in [-0.05, 0) is 28.1 Å². The molecule has 2 rings (SSSR count). The normalized spacial score (nSPS) is 11.4. The number of halogens is 4. The van der Waals surface area contributed by atoms with Crippen LogP contribution in [0.15, 0.2) is 27.8 Å².